The quantitative estimate of drug-likeness (QED) is 0.835. The van der Waals surface area contributed by atoms with E-state index in [9.17, 15) is 9.59 Å². The zero-order valence-electron chi connectivity index (χ0n) is 16.3. The van der Waals surface area contributed by atoms with E-state index in [2.05, 4.69) is 11.8 Å². The molecule has 0 spiro atoms. The average molecular weight is 357 g/mol. The van der Waals surface area contributed by atoms with Crippen LogP contribution in [0.25, 0.3) is 0 Å². The molecule has 0 aliphatic carbocycles. The highest BCUT2D eigenvalue weighted by Crippen LogP contribution is 2.25. The monoisotopic (exact) mass is 357 g/mol. The summed E-state index contributed by atoms with van der Waals surface area (Å²) in [6.45, 7) is 5.37. The molecule has 2 amide bonds. The Balaban J connectivity index is 1.57. The molecule has 3 rings (SSSR count). The molecule has 142 valence electrons. The first-order valence-corrected chi connectivity index (χ1v) is 9.81. The zero-order valence-corrected chi connectivity index (χ0v) is 16.3. The van der Waals surface area contributed by atoms with Gasteiger partial charge in [-0.3, -0.25) is 9.59 Å². The minimum absolute atomic E-state index is 0.0752. The fourth-order valence-corrected chi connectivity index (χ4v) is 4.08. The summed E-state index contributed by atoms with van der Waals surface area (Å²) in [5.74, 6) is 1.07. The van der Waals surface area contributed by atoms with E-state index in [0.29, 0.717) is 24.9 Å². The van der Waals surface area contributed by atoms with Gasteiger partial charge in [0, 0.05) is 57.4 Å². The molecule has 0 radical (unpaired) electrons. The van der Waals surface area contributed by atoms with Gasteiger partial charge in [-0.2, -0.15) is 0 Å². The van der Waals surface area contributed by atoms with Gasteiger partial charge < -0.3 is 14.7 Å². The molecular weight excluding hydrogens is 326 g/mol. The van der Waals surface area contributed by atoms with E-state index in [0.717, 1.165) is 43.6 Å². The molecule has 1 aromatic carbocycles. The van der Waals surface area contributed by atoms with E-state index in [1.165, 1.54) is 6.42 Å². The van der Waals surface area contributed by atoms with Gasteiger partial charge in [0.1, 0.15) is 0 Å². The molecule has 1 atom stereocenters. The molecule has 2 saturated heterocycles. The predicted molar refractivity (Wildman–Crippen MR) is 104 cm³/mol. The highest BCUT2D eigenvalue weighted by molar-refractivity contribution is 5.95. The number of hydrogen-bond acceptors (Lipinski definition) is 3. The number of carbonyl (C=O) groups is 2. The summed E-state index contributed by atoms with van der Waals surface area (Å²) >= 11 is 0. The third-order valence-corrected chi connectivity index (χ3v) is 5.71. The smallest absolute Gasteiger partial charge is 0.253 e. The standard InChI is InChI=1S/C21H31N3O2/c1-16-6-5-11-24(15-16)20(25)17-9-12-23(13-10-17)21(26)18-7-4-8-19(14-18)22(2)3/h4,7-8,14,16-17H,5-6,9-13,15H2,1-3H3. The number of likely N-dealkylation sites (tertiary alicyclic amines) is 2. The lowest BCUT2D eigenvalue weighted by Crippen LogP contribution is -2.47. The number of hydrogen-bond donors (Lipinski definition) is 0. The zero-order chi connectivity index (χ0) is 18.7. The lowest BCUT2D eigenvalue weighted by Gasteiger charge is -2.37. The summed E-state index contributed by atoms with van der Waals surface area (Å²) < 4.78 is 0. The van der Waals surface area contributed by atoms with Crippen molar-refractivity contribution in [3.8, 4) is 0 Å². The fraction of sp³-hybridized carbons (Fsp3) is 0.619. The van der Waals surface area contributed by atoms with Crippen LogP contribution in [0, 0.1) is 11.8 Å². The van der Waals surface area contributed by atoms with Crippen molar-refractivity contribution in [2.45, 2.75) is 32.6 Å². The normalized spacial score (nSPS) is 21.6. The van der Waals surface area contributed by atoms with Crippen LogP contribution >= 0.6 is 0 Å². The molecule has 2 aliphatic rings. The lowest BCUT2D eigenvalue weighted by molar-refractivity contribution is -0.138. The summed E-state index contributed by atoms with van der Waals surface area (Å²) in [6.07, 6.45) is 3.90. The van der Waals surface area contributed by atoms with Crippen molar-refractivity contribution in [2.75, 3.05) is 45.2 Å². The topological polar surface area (TPSA) is 43.9 Å². The maximum atomic E-state index is 12.8. The van der Waals surface area contributed by atoms with Crippen LogP contribution in [0.4, 0.5) is 5.69 Å². The second kappa shape index (κ2) is 8.11. The van der Waals surface area contributed by atoms with E-state index in [-0.39, 0.29) is 11.8 Å². The molecule has 2 aliphatic heterocycles. The van der Waals surface area contributed by atoms with Crippen LogP contribution in [0.2, 0.25) is 0 Å². The molecule has 2 fully saturated rings. The van der Waals surface area contributed by atoms with Gasteiger partial charge >= 0.3 is 0 Å². The molecule has 0 N–H and O–H groups in total. The van der Waals surface area contributed by atoms with E-state index in [1.54, 1.807) is 0 Å². The van der Waals surface area contributed by atoms with Crippen molar-refractivity contribution >= 4 is 17.5 Å². The second-order valence-corrected chi connectivity index (χ2v) is 8.04. The lowest BCUT2D eigenvalue weighted by atomic mass is 9.92. The van der Waals surface area contributed by atoms with Crippen LogP contribution in [0.5, 0.6) is 0 Å². The Labute approximate surface area is 156 Å². The SMILES string of the molecule is CC1CCCN(C(=O)C2CCN(C(=O)c3cccc(N(C)C)c3)CC2)C1. The number of nitrogens with zero attached hydrogens (tertiary/aromatic N) is 3. The summed E-state index contributed by atoms with van der Waals surface area (Å²) in [6, 6.07) is 7.74. The van der Waals surface area contributed by atoms with Crippen LogP contribution in [0.15, 0.2) is 24.3 Å². The van der Waals surface area contributed by atoms with Gasteiger partial charge in [-0.25, -0.2) is 0 Å². The Hall–Kier alpha value is -2.04. The van der Waals surface area contributed by atoms with Crippen LogP contribution < -0.4 is 4.90 Å². The molecule has 1 unspecified atom stereocenters. The third-order valence-electron chi connectivity index (χ3n) is 5.71. The number of anilines is 1. The van der Waals surface area contributed by atoms with Gasteiger partial charge in [0.2, 0.25) is 5.91 Å². The number of benzene rings is 1. The Morgan fingerprint density at radius 1 is 1.04 bits per heavy atom. The van der Waals surface area contributed by atoms with Gasteiger partial charge in [0.25, 0.3) is 5.91 Å². The number of amides is 2. The molecule has 0 bridgehead atoms. The first-order valence-electron chi connectivity index (χ1n) is 9.81. The number of carbonyl (C=O) groups excluding carboxylic acids is 2. The molecular formula is C21H31N3O2. The van der Waals surface area contributed by atoms with Crippen LogP contribution in [-0.4, -0.2) is 61.9 Å². The van der Waals surface area contributed by atoms with Crippen molar-refractivity contribution < 1.29 is 9.59 Å². The minimum Gasteiger partial charge on any atom is -0.378 e. The minimum atomic E-state index is 0.0752. The molecule has 26 heavy (non-hydrogen) atoms. The second-order valence-electron chi connectivity index (χ2n) is 8.04. The predicted octanol–water partition coefficient (Wildman–Crippen LogP) is 2.86. The van der Waals surface area contributed by atoms with Crippen LogP contribution in [0.1, 0.15) is 43.0 Å². The summed E-state index contributed by atoms with van der Waals surface area (Å²) in [5, 5.41) is 0. The Morgan fingerprint density at radius 3 is 2.42 bits per heavy atom. The van der Waals surface area contributed by atoms with Crippen molar-refractivity contribution in [3.05, 3.63) is 29.8 Å². The van der Waals surface area contributed by atoms with Crippen LogP contribution in [-0.2, 0) is 4.79 Å². The van der Waals surface area contributed by atoms with Crippen LogP contribution in [0.3, 0.4) is 0 Å². The molecule has 2 heterocycles. The van der Waals surface area contributed by atoms with Gasteiger partial charge in [-0.05, 0) is 49.8 Å². The summed E-state index contributed by atoms with van der Waals surface area (Å²) in [7, 11) is 3.95. The molecule has 5 heteroatoms. The summed E-state index contributed by atoms with van der Waals surface area (Å²) in [4.78, 5) is 31.5. The van der Waals surface area contributed by atoms with Crippen molar-refractivity contribution in [2.24, 2.45) is 11.8 Å². The van der Waals surface area contributed by atoms with E-state index in [4.69, 9.17) is 0 Å². The molecule has 1 aromatic rings. The highest BCUT2D eigenvalue weighted by Gasteiger charge is 2.32. The summed E-state index contributed by atoms with van der Waals surface area (Å²) in [5.41, 5.74) is 1.76. The third kappa shape index (κ3) is 4.19. The molecule has 0 saturated carbocycles. The van der Waals surface area contributed by atoms with Crippen molar-refractivity contribution in [1.82, 2.24) is 9.80 Å². The van der Waals surface area contributed by atoms with E-state index < -0.39 is 0 Å². The first-order chi connectivity index (χ1) is 12.5. The van der Waals surface area contributed by atoms with Gasteiger partial charge in [0.05, 0.1) is 0 Å². The van der Waals surface area contributed by atoms with Crippen molar-refractivity contribution in [1.29, 1.82) is 0 Å². The number of rotatable bonds is 3. The number of piperidine rings is 2. The maximum Gasteiger partial charge on any atom is 0.253 e. The Kier molecular flexibility index (Phi) is 5.84. The van der Waals surface area contributed by atoms with Gasteiger partial charge in [-0.1, -0.05) is 13.0 Å². The Morgan fingerprint density at radius 2 is 1.77 bits per heavy atom. The first kappa shape index (κ1) is 18.7. The largest absolute Gasteiger partial charge is 0.378 e. The molecule has 0 aromatic heterocycles. The van der Waals surface area contributed by atoms with E-state index in [1.807, 2.05) is 48.2 Å². The average Bonchev–Trinajstić information content (AvgIpc) is 2.67. The maximum absolute atomic E-state index is 12.8. The van der Waals surface area contributed by atoms with Gasteiger partial charge in [0.15, 0.2) is 0 Å². The Bertz CT molecular complexity index is 650. The van der Waals surface area contributed by atoms with Gasteiger partial charge in [-0.15, -0.1) is 0 Å². The van der Waals surface area contributed by atoms with E-state index >= 15 is 0 Å². The highest BCUT2D eigenvalue weighted by atomic mass is 16.2. The fourth-order valence-electron chi connectivity index (χ4n) is 4.08. The molecule has 5 nitrogen and oxygen atoms in total. The van der Waals surface area contributed by atoms with Crippen molar-refractivity contribution in [3.63, 3.8) is 0 Å².